The first-order valence-electron chi connectivity index (χ1n) is 6.42. The van der Waals surface area contributed by atoms with E-state index >= 15 is 0 Å². The first-order chi connectivity index (χ1) is 8.56. The van der Waals surface area contributed by atoms with E-state index in [1.54, 1.807) is 4.68 Å². The van der Waals surface area contributed by atoms with Gasteiger partial charge in [0.15, 0.2) is 4.60 Å². The largest absolute Gasteiger partial charge is 0.373 e. The zero-order valence-corrected chi connectivity index (χ0v) is 13.4. The molecule has 5 nitrogen and oxygen atoms in total. The van der Waals surface area contributed by atoms with Crippen LogP contribution in [0.4, 0.5) is 0 Å². The van der Waals surface area contributed by atoms with E-state index < -0.39 is 0 Å². The normalized spacial score (nSPS) is 13.9. The van der Waals surface area contributed by atoms with Crippen LogP contribution in [0.2, 0.25) is 0 Å². The SMILES string of the molecule is CCOC(CC)(CC)C(NC)c1c(Br)nnn1C. The summed E-state index contributed by atoms with van der Waals surface area (Å²) in [6.07, 6.45) is 1.86. The number of nitrogens with one attached hydrogen (secondary N) is 1. The van der Waals surface area contributed by atoms with Crippen molar-refractivity contribution in [1.82, 2.24) is 20.3 Å². The van der Waals surface area contributed by atoms with Gasteiger partial charge < -0.3 is 10.1 Å². The lowest BCUT2D eigenvalue weighted by Crippen LogP contribution is -2.45. The van der Waals surface area contributed by atoms with Crippen LogP contribution in [-0.4, -0.2) is 34.2 Å². The number of ether oxygens (including phenoxy) is 1. The monoisotopic (exact) mass is 318 g/mol. The molecule has 0 bridgehead atoms. The standard InChI is InChI=1S/C12H23BrN4O/c1-6-12(7-2,18-8-3)10(14-4)9-11(13)15-16-17(9)5/h10,14H,6-8H2,1-5H3. The molecule has 0 fully saturated rings. The summed E-state index contributed by atoms with van der Waals surface area (Å²) in [7, 11) is 3.85. The molecule has 1 N–H and O–H groups in total. The number of nitrogens with zero attached hydrogens (tertiary/aromatic N) is 3. The van der Waals surface area contributed by atoms with E-state index in [0.29, 0.717) is 6.61 Å². The summed E-state index contributed by atoms with van der Waals surface area (Å²) in [4.78, 5) is 0. The lowest BCUT2D eigenvalue weighted by molar-refractivity contribution is -0.0735. The van der Waals surface area contributed by atoms with Crippen LogP contribution in [0.25, 0.3) is 0 Å². The van der Waals surface area contributed by atoms with Gasteiger partial charge in [0.1, 0.15) is 0 Å². The average molecular weight is 319 g/mol. The molecule has 0 aliphatic rings. The van der Waals surface area contributed by atoms with Crippen molar-refractivity contribution >= 4 is 15.9 Å². The third-order valence-corrected chi connectivity index (χ3v) is 4.11. The summed E-state index contributed by atoms with van der Waals surface area (Å²) >= 11 is 3.47. The minimum absolute atomic E-state index is 0.0572. The Morgan fingerprint density at radius 1 is 1.39 bits per heavy atom. The number of hydrogen-bond acceptors (Lipinski definition) is 4. The van der Waals surface area contributed by atoms with Gasteiger partial charge in [-0.05, 0) is 42.7 Å². The third kappa shape index (κ3) is 2.75. The minimum Gasteiger partial charge on any atom is -0.373 e. The number of halogens is 1. The molecule has 0 aliphatic heterocycles. The van der Waals surface area contributed by atoms with Crippen molar-refractivity contribution in [1.29, 1.82) is 0 Å². The first kappa shape index (κ1) is 15.6. The number of aromatic nitrogens is 3. The highest BCUT2D eigenvalue weighted by molar-refractivity contribution is 9.10. The van der Waals surface area contributed by atoms with E-state index in [9.17, 15) is 0 Å². The summed E-state index contributed by atoms with van der Waals surface area (Å²) in [6, 6.07) is 0.0572. The predicted octanol–water partition coefficient (Wildman–Crippen LogP) is 2.43. The maximum Gasteiger partial charge on any atom is 0.153 e. The van der Waals surface area contributed by atoms with Gasteiger partial charge in [-0.25, -0.2) is 4.68 Å². The summed E-state index contributed by atoms with van der Waals surface area (Å²) in [5, 5.41) is 11.5. The smallest absolute Gasteiger partial charge is 0.153 e. The Morgan fingerprint density at radius 2 is 2.00 bits per heavy atom. The van der Waals surface area contributed by atoms with Crippen molar-refractivity contribution < 1.29 is 4.74 Å². The molecule has 0 aliphatic carbocycles. The molecule has 1 heterocycles. The van der Waals surface area contributed by atoms with Crippen molar-refractivity contribution in [2.24, 2.45) is 7.05 Å². The Kier molecular flexibility index (Phi) is 5.75. The zero-order valence-electron chi connectivity index (χ0n) is 11.8. The van der Waals surface area contributed by atoms with Gasteiger partial charge in [0.25, 0.3) is 0 Å². The van der Waals surface area contributed by atoms with Crippen molar-refractivity contribution in [3.8, 4) is 0 Å². The molecule has 0 saturated heterocycles. The van der Waals surface area contributed by atoms with Crippen LogP contribution in [-0.2, 0) is 11.8 Å². The Balaban J connectivity index is 3.21. The molecule has 0 spiro atoms. The molecule has 18 heavy (non-hydrogen) atoms. The van der Waals surface area contributed by atoms with Crippen LogP contribution in [0.3, 0.4) is 0 Å². The maximum atomic E-state index is 6.06. The highest BCUT2D eigenvalue weighted by atomic mass is 79.9. The highest BCUT2D eigenvalue weighted by Gasteiger charge is 2.39. The second-order valence-corrected chi connectivity index (χ2v) is 5.07. The fourth-order valence-electron chi connectivity index (χ4n) is 2.53. The van der Waals surface area contributed by atoms with Gasteiger partial charge in [0, 0.05) is 13.7 Å². The predicted molar refractivity (Wildman–Crippen MR) is 75.4 cm³/mol. The summed E-state index contributed by atoms with van der Waals surface area (Å²) < 4.78 is 8.63. The molecule has 1 rings (SSSR count). The molecule has 0 aromatic carbocycles. The van der Waals surface area contributed by atoms with E-state index in [0.717, 1.165) is 23.1 Å². The molecule has 0 radical (unpaired) electrons. The molecule has 6 heteroatoms. The van der Waals surface area contributed by atoms with Gasteiger partial charge in [-0.15, -0.1) is 5.10 Å². The number of aryl methyl sites for hydroxylation is 1. The molecule has 1 atom stereocenters. The molecule has 1 unspecified atom stereocenters. The fourth-order valence-corrected chi connectivity index (χ4v) is 3.08. The molecule has 1 aromatic rings. The Labute approximate surface area is 117 Å². The van der Waals surface area contributed by atoms with Crippen molar-refractivity contribution in [2.75, 3.05) is 13.7 Å². The van der Waals surface area contributed by atoms with Gasteiger partial charge in [-0.2, -0.15) is 0 Å². The number of hydrogen-bond donors (Lipinski definition) is 1. The first-order valence-corrected chi connectivity index (χ1v) is 7.21. The van der Waals surface area contributed by atoms with Gasteiger partial charge in [-0.3, -0.25) is 0 Å². The number of rotatable bonds is 7. The topological polar surface area (TPSA) is 52.0 Å². The van der Waals surface area contributed by atoms with Crippen LogP contribution in [0, 0.1) is 0 Å². The van der Waals surface area contributed by atoms with Gasteiger partial charge in [-0.1, -0.05) is 19.1 Å². The molecule has 1 aromatic heterocycles. The van der Waals surface area contributed by atoms with E-state index in [-0.39, 0.29) is 11.6 Å². The fraction of sp³-hybridized carbons (Fsp3) is 0.833. The molecule has 0 saturated carbocycles. The van der Waals surface area contributed by atoms with Crippen LogP contribution in [0.5, 0.6) is 0 Å². The Hall–Kier alpha value is -0.460. The van der Waals surface area contributed by atoms with E-state index in [4.69, 9.17) is 4.74 Å². The van der Waals surface area contributed by atoms with E-state index in [1.165, 1.54) is 0 Å². The third-order valence-electron chi connectivity index (χ3n) is 3.54. The second kappa shape index (κ2) is 6.63. The van der Waals surface area contributed by atoms with Crippen molar-refractivity contribution in [3.05, 3.63) is 10.3 Å². The van der Waals surface area contributed by atoms with Crippen LogP contribution >= 0.6 is 15.9 Å². The minimum atomic E-state index is -0.235. The Bertz CT molecular complexity index is 357. The maximum absolute atomic E-state index is 6.06. The van der Waals surface area contributed by atoms with Gasteiger partial charge in [0.05, 0.1) is 17.3 Å². The van der Waals surface area contributed by atoms with Crippen LogP contribution < -0.4 is 5.32 Å². The molecular formula is C12H23BrN4O. The van der Waals surface area contributed by atoms with Gasteiger partial charge in [0.2, 0.25) is 0 Å². The highest BCUT2D eigenvalue weighted by Crippen LogP contribution is 2.37. The van der Waals surface area contributed by atoms with Crippen molar-refractivity contribution in [2.45, 2.75) is 45.3 Å². The lowest BCUT2D eigenvalue weighted by atomic mass is 9.86. The molecule has 0 amide bonds. The van der Waals surface area contributed by atoms with Crippen molar-refractivity contribution in [3.63, 3.8) is 0 Å². The number of likely N-dealkylation sites (N-methyl/N-ethyl adjacent to an activating group) is 1. The van der Waals surface area contributed by atoms with E-state index in [1.807, 2.05) is 21.0 Å². The summed E-state index contributed by atoms with van der Waals surface area (Å²) in [6.45, 7) is 7.04. The van der Waals surface area contributed by atoms with E-state index in [2.05, 4.69) is 45.4 Å². The molecular weight excluding hydrogens is 296 g/mol. The quantitative estimate of drug-likeness (QED) is 0.839. The van der Waals surface area contributed by atoms with Gasteiger partial charge >= 0.3 is 0 Å². The summed E-state index contributed by atoms with van der Waals surface area (Å²) in [5.41, 5.74) is 0.788. The summed E-state index contributed by atoms with van der Waals surface area (Å²) in [5.74, 6) is 0. The lowest BCUT2D eigenvalue weighted by Gasteiger charge is -2.39. The zero-order chi connectivity index (χ0) is 13.8. The Morgan fingerprint density at radius 3 is 2.33 bits per heavy atom. The molecule has 104 valence electrons. The second-order valence-electron chi connectivity index (χ2n) is 4.32. The van der Waals surface area contributed by atoms with Crippen LogP contribution in [0.15, 0.2) is 4.60 Å². The van der Waals surface area contributed by atoms with Crippen LogP contribution in [0.1, 0.15) is 45.3 Å². The average Bonchev–Trinajstić information content (AvgIpc) is 2.70.